The van der Waals surface area contributed by atoms with E-state index in [2.05, 4.69) is 5.32 Å². The molecule has 2 rings (SSSR count). The van der Waals surface area contributed by atoms with Gasteiger partial charge in [-0.1, -0.05) is 23.2 Å². The Morgan fingerprint density at radius 2 is 1.83 bits per heavy atom. The fourth-order valence-corrected chi connectivity index (χ4v) is 2.29. The molecule has 18 heavy (non-hydrogen) atoms. The minimum Gasteiger partial charge on any atom is -0.349 e. The third-order valence-electron chi connectivity index (χ3n) is 3.06. The van der Waals surface area contributed by atoms with Gasteiger partial charge in [0.15, 0.2) is 0 Å². The molecule has 5 heteroatoms. The molecule has 0 aromatic heterocycles. The maximum atomic E-state index is 12.0. The highest BCUT2D eigenvalue weighted by Gasteiger charge is 2.20. The van der Waals surface area contributed by atoms with Crippen LogP contribution in [0.4, 0.5) is 0 Å². The first-order valence-electron chi connectivity index (χ1n) is 5.84. The van der Waals surface area contributed by atoms with Gasteiger partial charge in [-0.3, -0.25) is 9.59 Å². The molecule has 0 radical (unpaired) electrons. The lowest BCUT2D eigenvalue weighted by Gasteiger charge is -2.22. The zero-order chi connectivity index (χ0) is 13.1. The fourth-order valence-electron chi connectivity index (χ4n) is 1.99. The van der Waals surface area contributed by atoms with Crippen LogP contribution in [0.3, 0.4) is 0 Å². The van der Waals surface area contributed by atoms with Crippen molar-refractivity contribution in [3.05, 3.63) is 33.8 Å². The monoisotopic (exact) mass is 285 g/mol. The summed E-state index contributed by atoms with van der Waals surface area (Å²) in [5, 5.41) is 3.70. The van der Waals surface area contributed by atoms with E-state index in [9.17, 15) is 9.59 Å². The van der Waals surface area contributed by atoms with Crippen molar-refractivity contribution in [2.45, 2.75) is 31.7 Å². The summed E-state index contributed by atoms with van der Waals surface area (Å²) in [6.07, 6.45) is 2.52. The van der Waals surface area contributed by atoms with Gasteiger partial charge in [0, 0.05) is 24.4 Å². The topological polar surface area (TPSA) is 46.2 Å². The molecule has 1 aliphatic carbocycles. The predicted molar refractivity (Wildman–Crippen MR) is 71.2 cm³/mol. The Bertz CT molecular complexity index is 478. The number of carbonyl (C=O) groups excluding carboxylic acids is 2. The lowest BCUT2D eigenvalue weighted by molar-refractivity contribution is -0.120. The molecule has 1 aliphatic rings. The van der Waals surface area contributed by atoms with Gasteiger partial charge in [-0.05, 0) is 31.0 Å². The number of nitrogens with one attached hydrogen (secondary N) is 1. The molecule has 3 nitrogen and oxygen atoms in total. The standard InChI is InChI=1S/C13H13Cl2NO2/c14-11-6-1-8(7-12(11)15)13(18)16-9-2-4-10(17)5-3-9/h1,6-7,9H,2-5H2,(H,16,18). The fraction of sp³-hybridized carbons (Fsp3) is 0.385. The zero-order valence-corrected chi connectivity index (χ0v) is 11.2. The third-order valence-corrected chi connectivity index (χ3v) is 3.80. The van der Waals surface area contributed by atoms with E-state index in [1.54, 1.807) is 18.2 Å². The van der Waals surface area contributed by atoms with Crippen molar-refractivity contribution in [1.82, 2.24) is 5.32 Å². The average molecular weight is 286 g/mol. The number of rotatable bonds is 2. The molecule has 1 N–H and O–H groups in total. The molecule has 0 saturated heterocycles. The Morgan fingerprint density at radius 1 is 1.17 bits per heavy atom. The van der Waals surface area contributed by atoms with Crippen molar-refractivity contribution >= 4 is 34.9 Å². The van der Waals surface area contributed by atoms with Crippen molar-refractivity contribution in [3.8, 4) is 0 Å². The molecule has 0 bridgehead atoms. The molecule has 1 aromatic carbocycles. The normalized spacial score (nSPS) is 16.7. The zero-order valence-electron chi connectivity index (χ0n) is 9.71. The predicted octanol–water partition coefficient (Wildman–Crippen LogP) is 3.23. The molecule has 0 atom stereocenters. The first-order chi connectivity index (χ1) is 8.56. The minimum atomic E-state index is -0.173. The number of hydrogen-bond donors (Lipinski definition) is 1. The molecule has 1 amide bonds. The van der Waals surface area contributed by atoms with Crippen molar-refractivity contribution in [2.75, 3.05) is 0 Å². The molecule has 0 heterocycles. The molecule has 0 unspecified atom stereocenters. The summed E-state index contributed by atoms with van der Waals surface area (Å²) in [5.41, 5.74) is 0.487. The maximum absolute atomic E-state index is 12.0. The third kappa shape index (κ3) is 3.24. The van der Waals surface area contributed by atoms with Crippen LogP contribution in [0, 0.1) is 0 Å². The van der Waals surface area contributed by atoms with E-state index < -0.39 is 0 Å². The van der Waals surface area contributed by atoms with Crippen LogP contribution in [0.25, 0.3) is 0 Å². The largest absolute Gasteiger partial charge is 0.349 e. The van der Waals surface area contributed by atoms with Gasteiger partial charge in [0.05, 0.1) is 10.0 Å². The molecule has 1 aromatic rings. The Hall–Kier alpha value is -1.06. The van der Waals surface area contributed by atoms with Gasteiger partial charge >= 0.3 is 0 Å². The Balaban J connectivity index is 1.99. The van der Waals surface area contributed by atoms with E-state index in [-0.39, 0.29) is 17.7 Å². The van der Waals surface area contributed by atoms with Gasteiger partial charge in [0.2, 0.25) is 0 Å². The average Bonchev–Trinajstić information content (AvgIpc) is 2.35. The number of hydrogen-bond acceptors (Lipinski definition) is 2. The van der Waals surface area contributed by atoms with E-state index in [0.29, 0.717) is 41.3 Å². The highest BCUT2D eigenvalue weighted by molar-refractivity contribution is 6.42. The second-order valence-electron chi connectivity index (χ2n) is 4.42. The number of carbonyl (C=O) groups is 2. The first kappa shape index (κ1) is 13.4. The summed E-state index contributed by atoms with van der Waals surface area (Å²) in [4.78, 5) is 23.1. The van der Waals surface area contributed by atoms with Gasteiger partial charge < -0.3 is 5.32 Å². The highest BCUT2D eigenvalue weighted by atomic mass is 35.5. The van der Waals surface area contributed by atoms with Gasteiger partial charge in [-0.2, -0.15) is 0 Å². The lowest BCUT2D eigenvalue weighted by Crippen LogP contribution is -2.37. The number of halogens is 2. The second kappa shape index (κ2) is 5.72. The van der Waals surface area contributed by atoms with Gasteiger partial charge in [-0.15, -0.1) is 0 Å². The Morgan fingerprint density at radius 3 is 2.44 bits per heavy atom. The maximum Gasteiger partial charge on any atom is 0.251 e. The number of benzene rings is 1. The van der Waals surface area contributed by atoms with Crippen LogP contribution in [0.1, 0.15) is 36.0 Å². The van der Waals surface area contributed by atoms with E-state index in [0.717, 1.165) is 0 Å². The number of Topliss-reactive ketones (excluding diaryl/α,β-unsaturated/α-hetero) is 1. The van der Waals surface area contributed by atoms with Crippen molar-refractivity contribution in [1.29, 1.82) is 0 Å². The highest BCUT2D eigenvalue weighted by Crippen LogP contribution is 2.23. The quantitative estimate of drug-likeness (QED) is 0.907. The lowest BCUT2D eigenvalue weighted by atomic mass is 9.94. The molecule has 1 fully saturated rings. The second-order valence-corrected chi connectivity index (χ2v) is 5.23. The molecular formula is C13H13Cl2NO2. The summed E-state index contributed by atoms with van der Waals surface area (Å²) in [6, 6.07) is 4.86. The van der Waals surface area contributed by atoms with Crippen molar-refractivity contribution in [2.24, 2.45) is 0 Å². The SMILES string of the molecule is O=C1CCC(NC(=O)c2ccc(Cl)c(Cl)c2)CC1. The Labute approximate surface area is 115 Å². The minimum absolute atomic E-state index is 0.0738. The van der Waals surface area contributed by atoms with Crippen LogP contribution in [0.2, 0.25) is 10.0 Å². The number of ketones is 1. The van der Waals surface area contributed by atoms with Gasteiger partial charge in [0.1, 0.15) is 5.78 Å². The van der Waals surface area contributed by atoms with E-state index in [1.165, 1.54) is 0 Å². The van der Waals surface area contributed by atoms with Crippen LogP contribution in [0.5, 0.6) is 0 Å². The number of amides is 1. The molecule has 0 aliphatic heterocycles. The van der Waals surface area contributed by atoms with Crippen LogP contribution in [0.15, 0.2) is 18.2 Å². The molecule has 96 valence electrons. The van der Waals surface area contributed by atoms with Crippen molar-refractivity contribution in [3.63, 3.8) is 0 Å². The van der Waals surface area contributed by atoms with Crippen molar-refractivity contribution < 1.29 is 9.59 Å². The van der Waals surface area contributed by atoms with E-state index in [4.69, 9.17) is 23.2 Å². The summed E-state index contributed by atoms with van der Waals surface area (Å²) in [5.74, 6) is 0.1000. The van der Waals surface area contributed by atoms with Crippen LogP contribution < -0.4 is 5.32 Å². The summed E-state index contributed by atoms with van der Waals surface area (Å²) >= 11 is 11.7. The smallest absolute Gasteiger partial charge is 0.251 e. The van der Waals surface area contributed by atoms with Gasteiger partial charge in [-0.25, -0.2) is 0 Å². The van der Waals surface area contributed by atoms with E-state index >= 15 is 0 Å². The summed E-state index contributed by atoms with van der Waals surface area (Å²) < 4.78 is 0. The van der Waals surface area contributed by atoms with E-state index in [1.807, 2.05) is 0 Å². The molecular weight excluding hydrogens is 273 g/mol. The molecule has 0 spiro atoms. The molecule has 1 saturated carbocycles. The van der Waals surface area contributed by atoms with Crippen LogP contribution >= 0.6 is 23.2 Å². The summed E-state index contributed by atoms with van der Waals surface area (Å²) in [7, 11) is 0. The van der Waals surface area contributed by atoms with Crippen LogP contribution in [-0.2, 0) is 4.79 Å². The summed E-state index contributed by atoms with van der Waals surface area (Å²) in [6.45, 7) is 0. The Kier molecular flexibility index (Phi) is 4.25. The first-order valence-corrected chi connectivity index (χ1v) is 6.59. The van der Waals surface area contributed by atoms with Gasteiger partial charge in [0.25, 0.3) is 5.91 Å². The van der Waals surface area contributed by atoms with Crippen LogP contribution in [-0.4, -0.2) is 17.7 Å².